The lowest BCUT2D eigenvalue weighted by Gasteiger charge is -2.44. The molecule has 23 heavy (non-hydrogen) atoms. The molecule has 2 fully saturated rings. The number of imidazole rings is 1. The maximum absolute atomic E-state index is 5.49. The van der Waals surface area contributed by atoms with Crippen molar-refractivity contribution in [2.24, 2.45) is 5.92 Å². The lowest BCUT2D eigenvalue weighted by molar-refractivity contribution is 0.0521. The van der Waals surface area contributed by atoms with Crippen LogP contribution in [0, 0.1) is 5.92 Å². The summed E-state index contributed by atoms with van der Waals surface area (Å²) >= 11 is 0. The lowest BCUT2D eigenvalue weighted by Crippen LogP contribution is -2.49. The normalized spacial score (nSPS) is 25.4. The van der Waals surface area contributed by atoms with Gasteiger partial charge in [-0.1, -0.05) is 18.5 Å². The quantitative estimate of drug-likeness (QED) is 0.868. The Morgan fingerprint density at radius 3 is 3.00 bits per heavy atom. The van der Waals surface area contributed by atoms with Crippen molar-refractivity contribution in [2.75, 3.05) is 13.1 Å². The highest BCUT2D eigenvalue weighted by atomic mass is 16.5. The molecule has 2 saturated heterocycles. The second kappa shape index (κ2) is 6.48. The van der Waals surface area contributed by atoms with Gasteiger partial charge in [0.2, 0.25) is 5.76 Å². The van der Waals surface area contributed by atoms with E-state index in [1.165, 1.54) is 45.2 Å². The van der Waals surface area contributed by atoms with Gasteiger partial charge >= 0.3 is 0 Å². The van der Waals surface area contributed by atoms with E-state index in [1.807, 2.05) is 12.3 Å². The molecule has 0 aromatic carbocycles. The Morgan fingerprint density at radius 2 is 2.13 bits per heavy atom. The van der Waals surface area contributed by atoms with Crippen molar-refractivity contribution in [3.05, 3.63) is 24.2 Å². The van der Waals surface area contributed by atoms with E-state index in [4.69, 9.17) is 4.52 Å². The standard InChI is InChI=1S/C18H26N4O/c1-2-15-12-17(23-20-15)18-19-8-11-22(18)13-14-6-5-10-21-9-4-3-7-16(14)21/h8,11-12,14,16H,2-7,9-10,13H2,1H3/t14-,16+/m0/s1. The minimum atomic E-state index is 0.727. The fourth-order valence-electron chi connectivity index (χ4n) is 4.31. The van der Waals surface area contributed by atoms with Crippen LogP contribution in [0.5, 0.6) is 0 Å². The lowest BCUT2D eigenvalue weighted by atomic mass is 9.83. The van der Waals surface area contributed by atoms with Crippen molar-refractivity contribution in [1.82, 2.24) is 19.6 Å². The molecule has 2 atom stereocenters. The molecule has 4 rings (SSSR count). The minimum absolute atomic E-state index is 0.727. The number of hydrogen-bond donors (Lipinski definition) is 0. The number of piperidine rings is 2. The molecule has 0 bridgehead atoms. The molecule has 0 unspecified atom stereocenters. The van der Waals surface area contributed by atoms with Gasteiger partial charge in [-0.25, -0.2) is 4.98 Å². The molecular formula is C18H26N4O. The second-order valence-electron chi connectivity index (χ2n) is 6.94. The van der Waals surface area contributed by atoms with Gasteiger partial charge in [-0.15, -0.1) is 0 Å². The van der Waals surface area contributed by atoms with Crippen LogP contribution in [0.15, 0.2) is 23.0 Å². The van der Waals surface area contributed by atoms with Crippen LogP contribution >= 0.6 is 0 Å². The fraction of sp³-hybridized carbons (Fsp3) is 0.667. The molecule has 0 saturated carbocycles. The van der Waals surface area contributed by atoms with Crippen LogP contribution in [0.2, 0.25) is 0 Å². The first-order valence-electron chi connectivity index (χ1n) is 9.06. The van der Waals surface area contributed by atoms with Gasteiger partial charge in [-0.2, -0.15) is 0 Å². The molecule has 0 N–H and O–H groups in total. The van der Waals surface area contributed by atoms with E-state index < -0.39 is 0 Å². The summed E-state index contributed by atoms with van der Waals surface area (Å²) in [5.41, 5.74) is 0.991. The van der Waals surface area contributed by atoms with Gasteiger partial charge < -0.3 is 14.0 Å². The molecule has 2 aromatic rings. The Hall–Kier alpha value is -1.62. The van der Waals surface area contributed by atoms with E-state index in [0.717, 1.165) is 42.2 Å². The summed E-state index contributed by atoms with van der Waals surface area (Å²) in [5, 5.41) is 4.11. The van der Waals surface area contributed by atoms with Crippen LogP contribution in [0.1, 0.15) is 44.7 Å². The zero-order valence-corrected chi connectivity index (χ0v) is 13.9. The molecule has 2 aromatic heterocycles. The Labute approximate surface area is 137 Å². The average Bonchev–Trinajstić information content (AvgIpc) is 3.24. The topological polar surface area (TPSA) is 47.1 Å². The minimum Gasteiger partial charge on any atom is -0.353 e. The van der Waals surface area contributed by atoms with E-state index in [2.05, 4.69) is 32.7 Å². The predicted octanol–water partition coefficient (Wildman–Crippen LogP) is 3.37. The van der Waals surface area contributed by atoms with Crippen LogP contribution in [0.25, 0.3) is 11.6 Å². The number of rotatable bonds is 4. The molecule has 124 valence electrons. The van der Waals surface area contributed by atoms with Crippen molar-refractivity contribution in [1.29, 1.82) is 0 Å². The van der Waals surface area contributed by atoms with Crippen LogP contribution in [-0.4, -0.2) is 38.7 Å². The Morgan fingerprint density at radius 1 is 1.22 bits per heavy atom. The molecule has 2 aliphatic heterocycles. The second-order valence-corrected chi connectivity index (χ2v) is 6.94. The first-order valence-corrected chi connectivity index (χ1v) is 9.06. The SMILES string of the molecule is CCc1cc(-c2nccn2C[C@@H]2CCCN3CCCC[C@H]23)on1. The molecule has 4 heterocycles. The number of fused-ring (bicyclic) bond motifs is 1. The van der Waals surface area contributed by atoms with Crippen LogP contribution in [0.3, 0.4) is 0 Å². The molecule has 0 radical (unpaired) electrons. The van der Waals surface area contributed by atoms with E-state index in [-0.39, 0.29) is 0 Å². The van der Waals surface area contributed by atoms with Crippen molar-refractivity contribution in [3.63, 3.8) is 0 Å². The molecular weight excluding hydrogens is 288 g/mol. The zero-order chi connectivity index (χ0) is 15.6. The summed E-state index contributed by atoms with van der Waals surface area (Å²) in [5.74, 6) is 2.44. The molecule has 5 nitrogen and oxygen atoms in total. The highest BCUT2D eigenvalue weighted by Crippen LogP contribution is 2.32. The highest BCUT2D eigenvalue weighted by molar-refractivity contribution is 5.47. The average molecular weight is 314 g/mol. The summed E-state index contributed by atoms with van der Waals surface area (Å²) in [4.78, 5) is 7.24. The third-order valence-electron chi connectivity index (χ3n) is 5.52. The summed E-state index contributed by atoms with van der Waals surface area (Å²) in [6.07, 6.45) is 11.6. The van der Waals surface area contributed by atoms with Crippen LogP contribution < -0.4 is 0 Å². The van der Waals surface area contributed by atoms with Gasteiger partial charge in [0.05, 0.1) is 5.69 Å². The Kier molecular flexibility index (Phi) is 4.21. The summed E-state index contributed by atoms with van der Waals surface area (Å²) in [6.45, 7) is 5.71. The van der Waals surface area contributed by atoms with E-state index in [1.54, 1.807) is 0 Å². The first kappa shape index (κ1) is 14.9. The Bertz CT molecular complexity index is 645. The third kappa shape index (κ3) is 2.94. The number of hydrogen-bond acceptors (Lipinski definition) is 4. The van der Waals surface area contributed by atoms with Gasteiger partial charge in [-0.3, -0.25) is 0 Å². The maximum atomic E-state index is 5.49. The molecule has 0 spiro atoms. The maximum Gasteiger partial charge on any atom is 0.202 e. The van der Waals surface area contributed by atoms with Crippen molar-refractivity contribution >= 4 is 0 Å². The largest absolute Gasteiger partial charge is 0.353 e. The van der Waals surface area contributed by atoms with Gasteiger partial charge in [0.15, 0.2) is 5.82 Å². The Balaban J connectivity index is 1.53. The highest BCUT2D eigenvalue weighted by Gasteiger charge is 2.33. The van der Waals surface area contributed by atoms with Gasteiger partial charge in [0, 0.05) is 31.0 Å². The number of aromatic nitrogens is 3. The third-order valence-corrected chi connectivity index (χ3v) is 5.52. The number of nitrogens with zero attached hydrogens (tertiary/aromatic N) is 4. The van der Waals surface area contributed by atoms with Gasteiger partial charge in [0.25, 0.3) is 0 Å². The summed E-state index contributed by atoms with van der Waals surface area (Å²) in [7, 11) is 0. The van der Waals surface area contributed by atoms with Crippen molar-refractivity contribution < 1.29 is 4.52 Å². The van der Waals surface area contributed by atoms with Gasteiger partial charge in [-0.05, 0) is 51.1 Å². The first-order chi connectivity index (χ1) is 11.3. The molecule has 2 aliphatic rings. The van der Waals surface area contributed by atoms with Crippen molar-refractivity contribution in [3.8, 4) is 11.6 Å². The molecule has 0 aliphatic carbocycles. The van der Waals surface area contributed by atoms with Crippen LogP contribution in [-0.2, 0) is 13.0 Å². The monoisotopic (exact) mass is 314 g/mol. The number of aryl methyl sites for hydroxylation is 1. The van der Waals surface area contributed by atoms with Gasteiger partial charge in [0.1, 0.15) is 0 Å². The van der Waals surface area contributed by atoms with E-state index in [9.17, 15) is 0 Å². The van der Waals surface area contributed by atoms with E-state index >= 15 is 0 Å². The predicted molar refractivity (Wildman–Crippen MR) is 89.0 cm³/mol. The van der Waals surface area contributed by atoms with E-state index in [0.29, 0.717) is 0 Å². The molecule has 5 heteroatoms. The fourth-order valence-corrected chi connectivity index (χ4v) is 4.31. The summed E-state index contributed by atoms with van der Waals surface area (Å²) < 4.78 is 7.76. The zero-order valence-electron chi connectivity index (χ0n) is 13.9. The van der Waals surface area contributed by atoms with Crippen molar-refractivity contribution in [2.45, 2.75) is 58.0 Å². The smallest absolute Gasteiger partial charge is 0.202 e. The molecule has 0 amide bonds. The van der Waals surface area contributed by atoms with Crippen LogP contribution in [0.4, 0.5) is 0 Å². The summed E-state index contributed by atoms with van der Waals surface area (Å²) in [6, 6.07) is 2.78.